The van der Waals surface area contributed by atoms with Gasteiger partial charge in [0.2, 0.25) is 0 Å². The molecule has 9 heteroatoms. The summed E-state index contributed by atoms with van der Waals surface area (Å²) in [5.41, 5.74) is 5.62. The molecule has 0 saturated heterocycles. The summed E-state index contributed by atoms with van der Waals surface area (Å²) in [6, 6.07) is 1.07. The molecular weight excluding hydrogens is 392 g/mol. The predicted octanol–water partition coefficient (Wildman–Crippen LogP) is 2.15. The van der Waals surface area contributed by atoms with Crippen LogP contribution < -0.4 is 10.5 Å². The van der Waals surface area contributed by atoms with E-state index in [4.69, 9.17) is 10.5 Å². The van der Waals surface area contributed by atoms with Crippen LogP contribution in [0.1, 0.15) is 18.2 Å². The molecule has 2 N–H and O–H groups in total. The number of aromatic nitrogens is 1. The summed E-state index contributed by atoms with van der Waals surface area (Å²) >= 11 is 1.73. The minimum absolute atomic E-state index is 0.0265. The van der Waals surface area contributed by atoms with Crippen LogP contribution in [0.15, 0.2) is 6.07 Å². The van der Waals surface area contributed by atoms with E-state index >= 15 is 0 Å². The minimum Gasteiger partial charge on any atom is -0.466 e. The molecule has 0 aliphatic rings. The topological polar surface area (TPSA) is 74.4 Å². The second-order valence-electron chi connectivity index (χ2n) is 3.61. The number of rotatable bonds is 5. The van der Waals surface area contributed by atoms with Gasteiger partial charge in [-0.25, -0.2) is 4.98 Å². The molecule has 0 fully saturated rings. The standard InChI is InChI=1S/C11H12F3IN2O3/c1-2-19-9(18)4-7-8(20-11(12,13)14)3-6(5-16)17-10(7)15/h3H,2,4-5,16H2,1H3. The van der Waals surface area contributed by atoms with E-state index in [0.717, 1.165) is 6.07 Å². The smallest absolute Gasteiger partial charge is 0.466 e. The summed E-state index contributed by atoms with van der Waals surface area (Å²) in [5, 5.41) is 0. The lowest BCUT2D eigenvalue weighted by Crippen LogP contribution is -2.20. The average Bonchev–Trinajstić information content (AvgIpc) is 2.31. The molecule has 0 aliphatic heterocycles. The third kappa shape index (κ3) is 5.12. The number of carbonyl (C=O) groups excluding carboxylic acids is 1. The lowest BCUT2D eigenvalue weighted by atomic mass is 10.1. The SMILES string of the molecule is CCOC(=O)Cc1c(OC(F)(F)F)cc(CN)nc1I. The van der Waals surface area contributed by atoms with Crippen LogP contribution in [0.4, 0.5) is 13.2 Å². The third-order valence-electron chi connectivity index (χ3n) is 2.15. The van der Waals surface area contributed by atoms with Crippen molar-refractivity contribution in [3.05, 3.63) is 21.0 Å². The van der Waals surface area contributed by atoms with Crippen molar-refractivity contribution in [3.63, 3.8) is 0 Å². The number of ether oxygens (including phenoxy) is 2. The number of nitrogens with zero attached hydrogens (tertiary/aromatic N) is 1. The first kappa shape index (κ1) is 17.0. The number of alkyl halides is 3. The first-order valence-corrected chi connectivity index (χ1v) is 6.64. The number of hydrogen-bond donors (Lipinski definition) is 1. The van der Waals surface area contributed by atoms with E-state index in [-0.39, 0.29) is 34.5 Å². The van der Waals surface area contributed by atoms with Gasteiger partial charge in [-0.15, -0.1) is 13.2 Å². The fourth-order valence-corrected chi connectivity index (χ4v) is 2.17. The van der Waals surface area contributed by atoms with E-state index < -0.39 is 18.1 Å². The molecule has 0 aromatic carbocycles. The third-order valence-corrected chi connectivity index (χ3v) is 3.04. The maximum absolute atomic E-state index is 12.4. The minimum atomic E-state index is -4.86. The van der Waals surface area contributed by atoms with Crippen molar-refractivity contribution in [1.29, 1.82) is 0 Å². The molecule has 1 aromatic rings. The highest BCUT2D eigenvalue weighted by Crippen LogP contribution is 2.30. The number of nitrogens with two attached hydrogens (primary N) is 1. The Morgan fingerprint density at radius 1 is 1.50 bits per heavy atom. The van der Waals surface area contributed by atoms with Gasteiger partial charge in [0.1, 0.15) is 9.45 Å². The molecule has 5 nitrogen and oxygen atoms in total. The average molecular weight is 404 g/mol. The maximum atomic E-state index is 12.4. The number of hydrogen-bond acceptors (Lipinski definition) is 5. The molecule has 0 spiro atoms. The lowest BCUT2D eigenvalue weighted by Gasteiger charge is -2.15. The summed E-state index contributed by atoms with van der Waals surface area (Å²) in [5.74, 6) is -1.13. The van der Waals surface area contributed by atoms with Crippen molar-refractivity contribution in [2.24, 2.45) is 5.73 Å². The van der Waals surface area contributed by atoms with E-state index in [2.05, 4.69) is 9.72 Å². The van der Waals surface area contributed by atoms with Crippen LogP contribution in [-0.2, 0) is 22.5 Å². The Hall–Kier alpha value is -1.10. The zero-order chi connectivity index (χ0) is 15.3. The van der Waals surface area contributed by atoms with Gasteiger partial charge in [-0.2, -0.15) is 0 Å². The van der Waals surface area contributed by atoms with Crippen LogP contribution in [-0.4, -0.2) is 23.9 Å². The Labute approximate surface area is 126 Å². The van der Waals surface area contributed by atoms with Gasteiger partial charge in [-0.1, -0.05) is 0 Å². The van der Waals surface area contributed by atoms with Crippen molar-refractivity contribution in [1.82, 2.24) is 4.98 Å². The number of halogens is 4. The summed E-state index contributed by atoms with van der Waals surface area (Å²) in [6.07, 6.45) is -5.21. The Kier molecular flexibility index (Phi) is 5.99. The van der Waals surface area contributed by atoms with Crippen LogP contribution in [0.5, 0.6) is 5.75 Å². The Morgan fingerprint density at radius 3 is 2.65 bits per heavy atom. The van der Waals surface area contributed by atoms with E-state index in [1.165, 1.54) is 0 Å². The first-order chi connectivity index (χ1) is 9.26. The molecule has 112 valence electrons. The molecule has 0 amide bonds. The first-order valence-electron chi connectivity index (χ1n) is 5.56. The van der Waals surface area contributed by atoms with Gasteiger partial charge in [0, 0.05) is 18.2 Å². The predicted molar refractivity (Wildman–Crippen MR) is 71.9 cm³/mol. The summed E-state index contributed by atoms with van der Waals surface area (Å²) < 4.78 is 46.0. The zero-order valence-corrected chi connectivity index (χ0v) is 12.6. The lowest BCUT2D eigenvalue weighted by molar-refractivity contribution is -0.275. The molecule has 1 rings (SSSR count). The second-order valence-corrected chi connectivity index (χ2v) is 4.64. The largest absolute Gasteiger partial charge is 0.573 e. The number of pyridine rings is 1. The highest BCUT2D eigenvalue weighted by Gasteiger charge is 2.33. The molecule has 0 saturated carbocycles. The fourth-order valence-electron chi connectivity index (χ4n) is 1.40. The van der Waals surface area contributed by atoms with Crippen molar-refractivity contribution < 1.29 is 27.4 Å². The zero-order valence-electron chi connectivity index (χ0n) is 10.5. The van der Waals surface area contributed by atoms with Gasteiger partial charge in [0.25, 0.3) is 0 Å². The van der Waals surface area contributed by atoms with Crippen molar-refractivity contribution in [2.75, 3.05) is 6.61 Å². The summed E-state index contributed by atoms with van der Waals surface area (Å²) in [6.45, 7) is 1.70. The number of esters is 1. The van der Waals surface area contributed by atoms with Gasteiger partial charge >= 0.3 is 12.3 Å². The summed E-state index contributed by atoms with van der Waals surface area (Å²) in [4.78, 5) is 15.4. The fraction of sp³-hybridized carbons (Fsp3) is 0.455. The van der Waals surface area contributed by atoms with Gasteiger partial charge < -0.3 is 15.2 Å². The summed E-state index contributed by atoms with van der Waals surface area (Å²) in [7, 11) is 0. The number of carbonyl (C=O) groups is 1. The molecule has 0 unspecified atom stereocenters. The molecule has 0 atom stereocenters. The van der Waals surface area contributed by atoms with Crippen LogP contribution in [0.3, 0.4) is 0 Å². The highest BCUT2D eigenvalue weighted by atomic mass is 127. The monoisotopic (exact) mass is 404 g/mol. The maximum Gasteiger partial charge on any atom is 0.573 e. The molecule has 0 radical (unpaired) electrons. The second kappa shape index (κ2) is 7.07. The normalized spacial score (nSPS) is 11.3. The van der Waals surface area contributed by atoms with Crippen molar-refractivity contribution in [3.8, 4) is 5.75 Å². The van der Waals surface area contributed by atoms with Gasteiger partial charge in [0.05, 0.1) is 18.7 Å². The van der Waals surface area contributed by atoms with Gasteiger partial charge in [-0.3, -0.25) is 4.79 Å². The Morgan fingerprint density at radius 2 is 2.15 bits per heavy atom. The van der Waals surface area contributed by atoms with E-state index in [1.54, 1.807) is 29.5 Å². The van der Waals surface area contributed by atoms with Crippen molar-refractivity contribution >= 4 is 28.6 Å². The van der Waals surface area contributed by atoms with Gasteiger partial charge in [-0.05, 0) is 29.5 Å². The molecule has 20 heavy (non-hydrogen) atoms. The van der Waals surface area contributed by atoms with Crippen LogP contribution in [0, 0.1) is 3.70 Å². The van der Waals surface area contributed by atoms with E-state index in [1.807, 2.05) is 0 Å². The Balaban J connectivity index is 3.15. The van der Waals surface area contributed by atoms with Crippen LogP contribution >= 0.6 is 22.6 Å². The van der Waals surface area contributed by atoms with Crippen LogP contribution in [0.25, 0.3) is 0 Å². The molecule has 1 aromatic heterocycles. The van der Waals surface area contributed by atoms with Crippen LogP contribution in [0.2, 0.25) is 0 Å². The quantitative estimate of drug-likeness (QED) is 0.463. The van der Waals surface area contributed by atoms with Crippen molar-refractivity contribution in [2.45, 2.75) is 26.3 Å². The molecule has 0 bridgehead atoms. The molecule has 0 aliphatic carbocycles. The Bertz CT molecular complexity index is 495. The van der Waals surface area contributed by atoms with Gasteiger partial charge in [0.15, 0.2) is 0 Å². The molecule has 1 heterocycles. The highest BCUT2D eigenvalue weighted by molar-refractivity contribution is 14.1. The molecular formula is C11H12F3IN2O3. The van der Waals surface area contributed by atoms with E-state index in [9.17, 15) is 18.0 Å². The van der Waals surface area contributed by atoms with E-state index in [0.29, 0.717) is 0 Å².